The predicted molar refractivity (Wildman–Crippen MR) is 98.9 cm³/mol. The fraction of sp³-hybridized carbons (Fsp3) is 0. The van der Waals surface area contributed by atoms with E-state index in [1.165, 1.54) is 12.3 Å². The van der Waals surface area contributed by atoms with Gasteiger partial charge in [-0.15, -0.1) is 0 Å². The molecule has 0 fully saturated rings. The van der Waals surface area contributed by atoms with Gasteiger partial charge in [-0.05, 0) is 36.4 Å². The highest BCUT2D eigenvalue weighted by Crippen LogP contribution is 2.26. The van der Waals surface area contributed by atoms with E-state index in [0.717, 1.165) is 0 Å². The van der Waals surface area contributed by atoms with Crippen molar-refractivity contribution in [2.75, 3.05) is 10.6 Å². The lowest BCUT2D eigenvalue weighted by Crippen LogP contribution is -2.14. The highest BCUT2D eigenvalue weighted by molar-refractivity contribution is 6.42. The van der Waals surface area contributed by atoms with Crippen molar-refractivity contribution in [3.63, 3.8) is 0 Å². The van der Waals surface area contributed by atoms with Gasteiger partial charge in [0.15, 0.2) is 0 Å². The number of rotatable bonds is 4. The molecule has 4 nitrogen and oxygen atoms in total. The van der Waals surface area contributed by atoms with Gasteiger partial charge in [0.1, 0.15) is 11.6 Å². The lowest BCUT2D eigenvalue weighted by atomic mass is 10.2. The number of anilines is 2. The largest absolute Gasteiger partial charge is 0.359 e. The molecule has 0 aliphatic heterocycles. The van der Waals surface area contributed by atoms with Gasteiger partial charge >= 0.3 is 0 Å². The number of carbonyl (C=O) groups excluding carboxylic acids is 1. The lowest BCUT2D eigenvalue weighted by molar-refractivity contribution is -0.112. The smallest absolute Gasteiger partial charge is 0.267 e. The quantitative estimate of drug-likeness (QED) is 0.506. The summed E-state index contributed by atoms with van der Waals surface area (Å²) in [6, 6.07) is 11.2. The Bertz CT molecular complexity index is 859. The number of carbonyl (C=O) groups is 1. The minimum absolute atomic E-state index is 0.155. The SMILES string of the molecule is N#C/C(=C/Nc1cc(Cl)ccc1Cl)C(=O)Nc1ccc(Cl)c(Cl)c1. The molecule has 122 valence electrons. The Morgan fingerprint density at radius 3 is 2.38 bits per heavy atom. The summed E-state index contributed by atoms with van der Waals surface area (Å²) in [5.41, 5.74) is 0.729. The molecule has 2 aromatic carbocycles. The van der Waals surface area contributed by atoms with E-state index in [1.54, 1.807) is 36.4 Å². The third-order valence-corrected chi connectivity index (χ3v) is 4.15. The Hall–Kier alpha value is -1.90. The van der Waals surface area contributed by atoms with Crippen molar-refractivity contribution < 1.29 is 4.79 Å². The minimum atomic E-state index is -0.610. The van der Waals surface area contributed by atoms with Gasteiger partial charge in [-0.1, -0.05) is 46.4 Å². The highest BCUT2D eigenvalue weighted by Gasteiger charge is 2.11. The molecule has 24 heavy (non-hydrogen) atoms. The van der Waals surface area contributed by atoms with Crippen molar-refractivity contribution in [3.05, 3.63) is 68.3 Å². The van der Waals surface area contributed by atoms with Gasteiger partial charge in [-0.3, -0.25) is 4.79 Å². The zero-order valence-electron chi connectivity index (χ0n) is 11.9. The molecule has 0 aliphatic rings. The maximum atomic E-state index is 12.1. The summed E-state index contributed by atoms with van der Waals surface area (Å²) in [6.45, 7) is 0. The normalized spacial score (nSPS) is 10.9. The van der Waals surface area contributed by atoms with Crippen LogP contribution in [0.25, 0.3) is 0 Å². The third-order valence-electron chi connectivity index (χ3n) is 2.84. The van der Waals surface area contributed by atoms with Gasteiger partial charge in [0, 0.05) is 16.9 Å². The van der Waals surface area contributed by atoms with Crippen LogP contribution in [-0.2, 0) is 4.79 Å². The molecule has 1 amide bonds. The van der Waals surface area contributed by atoms with E-state index < -0.39 is 5.91 Å². The van der Waals surface area contributed by atoms with E-state index in [9.17, 15) is 4.79 Å². The number of nitrogens with zero attached hydrogens (tertiary/aromatic N) is 1. The Kier molecular flexibility index (Phi) is 6.36. The Labute approximate surface area is 158 Å². The summed E-state index contributed by atoms with van der Waals surface area (Å²) in [6.07, 6.45) is 1.24. The lowest BCUT2D eigenvalue weighted by Gasteiger charge is -2.07. The van der Waals surface area contributed by atoms with Gasteiger partial charge in [-0.25, -0.2) is 0 Å². The molecule has 2 aromatic rings. The molecule has 0 heterocycles. The zero-order valence-corrected chi connectivity index (χ0v) is 14.9. The van der Waals surface area contributed by atoms with Crippen LogP contribution >= 0.6 is 46.4 Å². The molecule has 0 spiro atoms. The number of nitrogens with one attached hydrogen (secondary N) is 2. The summed E-state index contributed by atoms with van der Waals surface area (Å²) in [5.74, 6) is -0.610. The monoisotopic (exact) mass is 399 g/mol. The average Bonchev–Trinajstić information content (AvgIpc) is 2.54. The van der Waals surface area contributed by atoms with Crippen LogP contribution in [0, 0.1) is 11.3 Å². The molecule has 0 aliphatic carbocycles. The predicted octanol–water partition coefficient (Wildman–Crippen LogP) is 5.76. The van der Waals surface area contributed by atoms with Crippen LogP contribution in [0.15, 0.2) is 48.2 Å². The van der Waals surface area contributed by atoms with Gasteiger partial charge < -0.3 is 10.6 Å². The first-order valence-corrected chi connectivity index (χ1v) is 8.00. The molecule has 8 heteroatoms. The van der Waals surface area contributed by atoms with Crippen LogP contribution < -0.4 is 10.6 Å². The summed E-state index contributed by atoms with van der Waals surface area (Å²) < 4.78 is 0. The molecule has 0 bridgehead atoms. The second-order valence-electron chi connectivity index (χ2n) is 4.52. The number of hydrogen-bond acceptors (Lipinski definition) is 3. The van der Waals surface area contributed by atoms with E-state index in [4.69, 9.17) is 51.7 Å². The van der Waals surface area contributed by atoms with Gasteiger partial charge in [0.05, 0.1) is 20.8 Å². The highest BCUT2D eigenvalue weighted by atomic mass is 35.5. The van der Waals surface area contributed by atoms with Crippen LogP contribution in [0.3, 0.4) is 0 Å². The Balaban J connectivity index is 2.15. The van der Waals surface area contributed by atoms with Crippen LogP contribution in [0.1, 0.15) is 0 Å². The minimum Gasteiger partial charge on any atom is -0.359 e. The third kappa shape index (κ3) is 4.80. The number of benzene rings is 2. The average molecular weight is 401 g/mol. The molecular formula is C16H9Cl4N3O. The second-order valence-corrected chi connectivity index (χ2v) is 6.18. The Morgan fingerprint density at radius 1 is 1.00 bits per heavy atom. The maximum absolute atomic E-state index is 12.1. The van der Waals surface area contributed by atoms with Crippen molar-refractivity contribution in [1.29, 1.82) is 5.26 Å². The summed E-state index contributed by atoms with van der Waals surface area (Å²) in [7, 11) is 0. The molecule has 0 saturated carbocycles. The number of halogens is 4. The van der Waals surface area contributed by atoms with E-state index >= 15 is 0 Å². The first-order chi connectivity index (χ1) is 11.4. The molecule has 0 saturated heterocycles. The number of nitriles is 1. The standard InChI is InChI=1S/C16H9Cl4N3O/c17-10-1-3-13(19)15(5-10)22-8-9(7-21)16(24)23-11-2-4-12(18)14(20)6-11/h1-6,8,22H,(H,23,24)/b9-8-. The van der Waals surface area contributed by atoms with Crippen LogP contribution in [-0.4, -0.2) is 5.91 Å². The fourth-order valence-electron chi connectivity index (χ4n) is 1.68. The van der Waals surface area contributed by atoms with E-state index in [2.05, 4.69) is 10.6 Å². The molecular weight excluding hydrogens is 392 g/mol. The molecule has 2 N–H and O–H groups in total. The summed E-state index contributed by atoms with van der Waals surface area (Å²) in [5, 5.41) is 16.0. The van der Waals surface area contributed by atoms with Gasteiger partial charge in [0.2, 0.25) is 0 Å². The summed E-state index contributed by atoms with van der Waals surface area (Å²) >= 11 is 23.6. The van der Waals surface area contributed by atoms with Crippen molar-refractivity contribution in [3.8, 4) is 6.07 Å². The van der Waals surface area contributed by atoms with Crippen molar-refractivity contribution in [2.45, 2.75) is 0 Å². The van der Waals surface area contributed by atoms with Crippen molar-refractivity contribution >= 4 is 63.7 Å². The maximum Gasteiger partial charge on any atom is 0.267 e. The molecule has 2 rings (SSSR count). The summed E-state index contributed by atoms with van der Waals surface area (Å²) in [4.78, 5) is 12.1. The van der Waals surface area contributed by atoms with Crippen molar-refractivity contribution in [1.82, 2.24) is 0 Å². The van der Waals surface area contributed by atoms with E-state index in [0.29, 0.717) is 31.5 Å². The van der Waals surface area contributed by atoms with Crippen LogP contribution in [0.5, 0.6) is 0 Å². The van der Waals surface area contributed by atoms with Gasteiger partial charge in [0.25, 0.3) is 5.91 Å². The number of amides is 1. The fourth-order valence-corrected chi connectivity index (χ4v) is 2.32. The van der Waals surface area contributed by atoms with Crippen LogP contribution in [0.2, 0.25) is 20.1 Å². The molecule has 0 unspecified atom stereocenters. The second kappa shape index (κ2) is 8.27. The first-order valence-electron chi connectivity index (χ1n) is 6.49. The van der Waals surface area contributed by atoms with E-state index in [1.807, 2.05) is 0 Å². The van der Waals surface area contributed by atoms with Crippen LogP contribution in [0.4, 0.5) is 11.4 Å². The first kappa shape index (κ1) is 18.4. The Morgan fingerprint density at radius 2 is 1.71 bits per heavy atom. The molecule has 0 aromatic heterocycles. The zero-order chi connectivity index (χ0) is 17.7. The van der Waals surface area contributed by atoms with Gasteiger partial charge in [-0.2, -0.15) is 5.26 Å². The molecule has 0 radical (unpaired) electrons. The topological polar surface area (TPSA) is 64.9 Å². The molecule has 0 atom stereocenters. The number of hydrogen-bond donors (Lipinski definition) is 2. The van der Waals surface area contributed by atoms with Crippen molar-refractivity contribution in [2.24, 2.45) is 0 Å². The van der Waals surface area contributed by atoms with E-state index in [-0.39, 0.29) is 5.57 Å².